The Kier molecular flexibility index (Phi) is 2.97. The van der Waals surface area contributed by atoms with Crippen LogP contribution in [0.2, 0.25) is 0 Å². The third-order valence-electron chi connectivity index (χ3n) is 5.01. The Bertz CT molecular complexity index is 345. The number of fused-ring (bicyclic) bond motifs is 1. The van der Waals surface area contributed by atoms with E-state index in [4.69, 9.17) is 0 Å². The Labute approximate surface area is 105 Å². The van der Waals surface area contributed by atoms with E-state index < -0.39 is 0 Å². The molecule has 2 aliphatic carbocycles. The van der Waals surface area contributed by atoms with Crippen LogP contribution in [0.25, 0.3) is 0 Å². The first-order valence-corrected chi connectivity index (χ1v) is 7.22. The second kappa shape index (κ2) is 4.47. The maximum Gasteiger partial charge on any atom is 0.0828 e. The molecule has 1 aliphatic heterocycles. The molecule has 1 fully saturated rings. The van der Waals surface area contributed by atoms with Gasteiger partial charge in [-0.3, -0.25) is 4.99 Å². The van der Waals surface area contributed by atoms with Crippen molar-refractivity contribution >= 4 is 6.34 Å². The second-order valence-corrected chi connectivity index (χ2v) is 6.33. The van der Waals surface area contributed by atoms with Crippen molar-refractivity contribution in [3.8, 4) is 0 Å². The molecule has 0 saturated heterocycles. The SMILES string of the molecule is CC12CCCCC1=CC(CC1CNC=N1)CC2. The molecule has 1 N–H and O–H groups in total. The first-order valence-electron chi connectivity index (χ1n) is 7.22. The van der Waals surface area contributed by atoms with Crippen LogP contribution in [0.1, 0.15) is 51.9 Å². The Morgan fingerprint density at radius 1 is 1.41 bits per heavy atom. The van der Waals surface area contributed by atoms with E-state index in [0.29, 0.717) is 11.5 Å². The van der Waals surface area contributed by atoms with Crippen molar-refractivity contribution < 1.29 is 0 Å². The van der Waals surface area contributed by atoms with Gasteiger partial charge in [-0.25, -0.2) is 0 Å². The van der Waals surface area contributed by atoms with Gasteiger partial charge in [-0.1, -0.05) is 25.0 Å². The summed E-state index contributed by atoms with van der Waals surface area (Å²) in [7, 11) is 0. The van der Waals surface area contributed by atoms with Crippen LogP contribution in [0.5, 0.6) is 0 Å². The van der Waals surface area contributed by atoms with Crippen LogP contribution in [-0.2, 0) is 0 Å². The molecule has 0 bridgehead atoms. The van der Waals surface area contributed by atoms with Crippen LogP contribution in [0.15, 0.2) is 16.6 Å². The molecule has 0 spiro atoms. The lowest BCUT2D eigenvalue weighted by atomic mass is 9.64. The minimum atomic E-state index is 0.532. The third kappa shape index (κ3) is 2.27. The molecule has 3 unspecified atom stereocenters. The lowest BCUT2D eigenvalue weighted by Crippen LogP contribution is -2.29. The van der Waals surface area contributed by atoms with Crippen LogP contribution in [0.4, 0.5) is 0 Å². The van der Waals surface area contributed by atoms with Crippen molar-refractivity contribution in [1.29, 1.82) is 0 Å². The van der Waals surface area contributed by atoms with Gasteiger partial charge in [0.2, 0.25) is 0 Å². The maximum absolute atomic E-state index is 4.49. The van der Waals surface area contributed by atoms with Gasteiger partial charge in [-0.05, 0) is 49.9 Å². The highest BCUT2D eigenvalue weighted by Gasteiger charge is 2.35. The summed E-state index contributed by atoms with van der Waals surface area (Å²) in [6, 6.07) is 0.532. The molecule has 3 rings (SSSR count). The molecule has 2 heteroatoms. The predicted octanol–water partition coefficient (Wildman–Crippen LogP) is 3.29. The van der Waals surface area contributed by atoms with Gasteiger partial charge in [0.15, 0.2) is 0 Å². The van der Waals surface area contributed by atoms with Crippen molar-refractivity contribution in [1.82, 2.24) is 5.32 Å². The van der Waals surface area contributed by atoms with Crippen molar-refractivity contribution in [2.75, 3.05) is 6.54 Å². The van der Waals surface area contributed by atoms with Crippen molar-refractivity contribution in [3.63, 3.8) is 0 Å². The van der Waals surface area contributed by atoms with Crippen molar-refractivity contribution in [3.05, 3.63) is 11.6 Å². The smallest absolute Gasteiger partial charge is 0.0828 e. The zero-order chi connectivity index (χ0) is 11.7. The molecule has 0 aromatic carbocycles. The van der Waals surface area contributed by atoms with Crippen molar-refractivity contribution in [2.24, 2.45) is 16.3 Å². The molecule has 17 heavy (non-hydrogen) atoms. The molecule has 0 aromatic rings. The topological polar surface area (TPSA) is 24.4 Å². The van der Waals surface area contributed by atoms with Crippen LogP contribution in [0.3, 0.4) is 0 Å². The highest BCUT2D eigenvalue weighted by molar-refractivity contribution is 5.57. The van der Waals surface area contributed by atoms with Crippen LogP contribution >= 0.6 is 0 Å². The second-order valence-electron chi connectivity index (χ2n) is 6.33. The first kappa shape index (κ1) is 11.3. The van der Waals surface area contributed by atoms with E-state index in [1.54, 1.807) is 5.57 Å². The fourth-order valence-electron chi connectivity index (χ4n) is 3.81. The van der Waals surface area contributed by atoms with E-state index in [0.717, 1.165) is 12.5 Å². The standard InChI is InChI=1S/C15H24N2/c1-15-6-3-2-4-13(15)8-12(5-7-15)9-14-10-16-11-17-14/h8,11-12,14H,2-7,9-10H2,1H3,(H,16,17). The molecular weight excluding hydrogens is 208 g/mol. The summed E-state index contributed by atoms with van der Waals surface area (Å²) >= 11 is 0. The van der Waals surface area contributed by atoms with Gasteiger partial charge in [0.05, 0.1) is 12.4 Å². The molecule has 0 amide bonds. The summed E-state index contributed by atoms with van der Waals surface area (Å²) in [5.74, 6) is 0.790. The molecule has 0 aromatic heterocycles. The lowest BCUT2D eigenvalue weighted by molar-refractivity contribution is 0.235. The normalized spacial score (nSPS) is 40.6. The first-order chi connectivity index (χ1) is 8.26. The number of allylic oxidation sites excluding steroid dienone is 2. The zero-order valence-electron chi connectivity index (χ0n) is 10.9. The van der Waals surface area contributed by atoms with E-state index in [1.807, 2.05) is 6.34 Å². The summed E-state index contributed by atoms with van der Waals surface area (Å²) in [6.07, 6.45) is 14.2. The average molecular weight is 232 g/mol. The lowest BCUT2D eigenvalue weighted by Gasteiger charge is -2.42. The van der Waals surface area contributed by atoms with E-state index in [2.05, 4.69) is 23.3 Å². The molecule has 0 radical (unpaired) electrons. The van der Waals surface area contributed by atoms with Gasteiger partial charge in [0, 0.05) is 6.54 Å². The molecule has 3 atom stereocenters. The van der Waals surface area contributed by atoms with Gasteiger partial charge in [0.25, 0.3) is 0 Å². The van der Waals surface area contributed by atoms with Gasteiger partial charge in [0.1, 0.15) is 0 Å². The predicted molar refractivity (Wildman–Crippen MR) is 72.3 cm³/mol. The maximum atomic E-state index is 4.49. The number of nitrogens with zero attached hydrogens (tertiary/aromatic N) is 1. The zero-order valence-corrected chi connectivity index (χ0v) is 10.9. The Hall–Kier alpha value is -0.790. The minimum absolute atomic E-state index is 0.532. The van der Waals surface area contributed by atoms with E-state index in [9.17, 15) is 0 Å². The summed E-state index contributed by atoms with van der Waals surface area (Å²) in [5.41, 5.74) is 2.33. The third-order valence-corrected chi connectivity index (χ3v) is 5.01. The average Bonchev–Trinajstić information content (AvgIpc) is 2.82. The Morgan fingerprint density at radius 2 is 2.35 bits per heavy atom. The number of nitrogens with one attached hydrogen (secondary N) is 1. The number of aliphatic imine (C=N–C) groups is 1. The van der Waals surface area contributed by atoms with E-state index in [-0.39, 0.29) is 0 Å². The molecular formula is C15H24N2. The summed E-state index contributed by atoms with van der Waals surface area (Å²) in [4.78, 5) is 4.49. The van der Waals surface area contributed by atoms with Gasteiger partial charge in [-0.2, -0.15) is 0 Å². The van der Waals surface area contributed by atoms with Crippen molar-refractivity contribution in [2.45, 2.75) is 57.9 Å². The quantitative estimate of drug-likeness (QED) is 0.726. The van der Waals surface area contributed by atoms with Gasteiger partial charge >= 0.3 is 0 Å². The summed E-state index contributed by atoms with van der Waals surface area (Å²) in [5, 5.41) is 3.21. The Balaban J connectivity index is 1.68. The fourth-order valence-corrected chi connectivity index (χ4v) is 3.81. The molecule has 94 valence electrons. The number of hydrogen-bond donors (Lipinski definition) is 1. The Morgan fingerprint density at radius 3 is 3.18 bits per heavy atom. The number of rotatable bonds is 2. The van der Waals surface area contributed by atoms with Crippen LogP contribution in [0, 0.1) is 11.3 Å². The fraction of sp³-hybridized carbons (Fsp3) is 0.800. The van der Waals surface area contributed by atoms with E-state index in [1.165, 1.54) is 44.9 Å². The number of hydrogen-bond acceptors (Lipinski definition) is 2. The summed E-state index contributed by atoms with van der Waals surface area (Å²) < 4.78 is 0. The van der Waals surface area contributed by atoms with E-state index >= 15 is 0 Å². The molecule has 2 nitrogen and oxygen atoms in total. The monoisotopic (exact) mass is 232 g/mol. The molecule has 1 saturated carbocycles. The van der Waals surface area contributed by atoms with Crippen LogP contribution in [-0.4, -0.2) is 18.9 Å². The molecule has 3 aliphatic rings. The molecule has 1 heterocycles. The largest absolute Gasteiger partial charge is 0.374 e. The van der Waals surface area contributed by atoms with Gasteiger partial charge < -0.3 is 5.32 Å². The van der Waals surface area contributed by atoms with Crippen LogP contribution < -0.4 is 5.32 Å². The highest BCUT2D eigenvalue weighted by atomic mass is 15.0. The van der Waals surface area contributed by atoms with Gasteiger partial charge in [-0.15, -0.1) is 0 Å². The minimum Gasteiger partial charge on any atom is -0.374 e. The highest BCUT2D eigenvalue weighted by Crippen LogP contribution is 2.48. The summed E-state index contributed by atoms with van der Waals surface area (Å²) in [6.45, 7) is 3.54.